The van der Waals surface area contributed by atoms with Gasteiger partial charge in [0.2, 0.25) is 0 Å². The van der Waals surface area contributed by atoms with E-state index in [0.717, 1.165) is 4.57 Å². The Morgan fingerprint density at radius 3 is 2.53 bits per heavy atom. The molecular weight excluding hydrogens is 414 g/mol. The fraction of sp³-hybridized carbons (Fsp3) is 0.227. The van der Waals surface area contributed by atoms with Crippen LogP contribution in [0.25, 0.3) is 0 Å². The van der Waals surface area contributed by atoms with Crippen molar-refractivity contribution in [2.24, 2.45) is 5.73 Å². The molecule has 1 aromatic carbocycles. The third-order valence-corrected chi connectivity index (χ3v) is 4.84. The molecule has 2 heterocycles. The number of carbonyl (C=O) groups is 1. The Labute approximate surface area is 183 Å². The largest absolute Gasteiger partial charge is 0.494 e. The number of aliphatic carboxylic acids is 1. The third-order valence-electron chi connectivity index (χ3n) is 4.84. The van der Waals surface area contributed by atoms with E-state index in [1.54, 1.807) is 42.6 Å². The fourth-order valence-corrected chi connectivity index (χ4v) is 3.21. The Morgan fingerprint density at radius 1 is 1.16 bits per heavy atom. The van der Waals surface area contributed by atoms with Crippen molar-refractivity contribution in [3.05, 3.63) is 93.0 Å². The average molecular weight is 437 g/mol. The molecule has 0 aliphatic rings. The Bertz CT molecular complexity index is 1200. The van der Waals surface area contributed by atoms with E-state index in [0.29, 0.717) is 29.9 Å². The lowest BCUT2D eigenvalue weighted by molar-refractivity contribution is -0.137. The minimum atomic E-state index is -1.09. The number of hydrogen-bond acceptors (Lipinski definition) is 6. The number of aryl methyl sites for hydroxylation is 1. The summed E-state index contributed by atoms with van der Waals surface area (Å²) in [5.41, 5.74) is 4.99. The van der Waals surface area contributed by atoms with E-state index < -0.39 is 23.1 Å². The predicted octanol–water partition coefficient (Wildman–Crippen LogP) is 1.22. The molecular formula is C22H23N5O5. The van der Waals surface area contributed by atoms with Gasteiger partial charge in [0.25, 0.3) is 0 Å². The Kier molecular flexibility index (Phi) is 7.17. The van der Waals surface area contributed by atoms with Crippen LogP contribution in [0.5, 0.6) is 5.75 Å². The number of benzene rings is 1. The number of ether oxygens (including phenoxy) is 1. The minimum absolute atomic E-state index is 0.0280. The number of carboxylic acids is 1. The maximum absolute atomic E-state index is 12.7. The van der Waals surface area contributed by atoms with Crippen LogP contribution < -0.4 is 21.6 Å². The van der Waals surface area contributed by atoms with Crippen molar-refractivity contribution in [1.29, 1.82) is 5.41 Å². The SMILES string of the molecule is N=C(N)c1ccc(OCCCn2ccn(C(CC(=O)O)c3cccnc3)c(=O)c2=O)cc1. The first-order valence-electron chi connectivity index (χ1n) is 9.87. The van der Waals surface area contributed by atoms with Crippen LogP contribution in [0.1, 0.15) is 30.0 Å². The van der Waals surface area contributed by atoms with Crippen LogP contribution in [-0.2, 0) is 11.3 Å². The smallest absolute Gasteiger partial charge is 0.317 e. The Hall–Kier alpha value is -4.21. The maximum atomic E-state index is 12.7. The zero-order chi connectivity index (χ0) is 23.1. The van der Waals surface area contributed by atoms with Gasteiger partial charge >= 0.3 is 17.1 Å². The van der Waals surface area contributed by atoms with Gasteiger partial charge in [0, 0.05) is 36.9 Å². The minimum Gasteiger partial charge on any atom is -0.494 e. The van der Waals surface area contributed by atoms with Gasteiger partial charge in [-0.25, -0.2) is 0 Å². The van der Waals surface area contributed by atoms with Crippen LogP contribution >= 0.6 is 0 Å². The molecule has 0 bridgehead atoms. The number of rotatable bonds is 10. The summed E-state index contributed by atoms with van der Waals surface area (Å²) in [6.07, 6.45) is 6.03. The first kappa shape index (κ1) is 22.5. The van der Waals surface area contributed by atoms with Gasteiger partial charge in [0.05, 0.1) is 19.1 Å². The van der Waals surface area contributed by atoms with Crippen LogP contribution in [-0.4, -0.2) is 37.6 Å². The van der Waals surface area contributed by atoms with Crippen molar-refractivity contribution in [2.45, 2.75) is 25.4 Å². The van der Waals surface area contributed by atoms with Crippen molar-refractivity contribution in [2.75, 3.05) is 6.61 Å². The topological polar surface area (TPSA) is 153 Å². The molecule has 0 aliphatic heterocycles. The quantitative estimate of drug-likeness (QED) is 0.186. The number of nitrogen functional groups attached to an aromatic ring is 1. The number of nitrogens with one attached hydrogen (secondary N) is 1. The van der Waals surface area contributed by atoms with Crippen LogP contribution in [0, 0.1) is 5.41 Å². The molecule has 1 atom stereocenters. The zero-order valence-corrected chi connectivity index (χ0v) is 17.2. The summed E-state index contributed by atoms with van der Waals surface area (Å²) in [6, 6.07) is 9.23. The summed E-state index contributed by atoms with van der Waals surface area (Å²) in [7, 11) is 0. The molecule has 3 aromatic rings. The van der Waals surface area contributed by atoms with Crippen LogP contribution in [0.2, 0.25) is 0 Å². The number of carboxylic acid groups (broad SMARTS) is 1. The van der Waals surface area contributed by atoms with Crippen LogP contribution in [0.4, 0.5) is 0 Å². The molecule has 0 saturated carbocycles. The number of nitrogens with zero attached hydrogens (tertiary/aromatic N) is 3. The average Bonchev–Trinajstić information content (AvgIpc) is 2.79. The number of pyridine rings is 1. The number of nitrogens with two attached hydrogens (primary N) is 1. The van der Waals surface area contributed by atoms with E-state index in [-0.39, 0.29) is 18.8 Å². The molecule has 32 heavy (non-hydrogen) atoms. The lowest BCUT2D eigenvalue weighted by Crippen LogP contribution is -2.42. The van der Waals surface area contributed by atoms with Gasteiger partial charge in [-0.1, -0.05) is 6.07 Å². The molecule has 10 nitrogen and oxygen atoms in total. The monoisotopic (exact) mass is 437 g/mol. The second kappa shape index (κ2) is 10.2. The number of amidine groups is 1. The van der Waals surface area contributed by atoms with Crippen molar-refractivity contribution < 1.29 is 14.6 Å². The third kappa shape index (κ3) is 5.48. The summed E-state index contributed by atoms with van der Waals surface area (Å²) in [6.45, 7) is 0.573. The number of aromatic nitrogens is 3. The van der Waals surface area contributed by atoms with E-state index in [1.807, 2.05) is 0 Å². The van der Waals surface area contributed by atoms with E-state index >= 15 is 0 Å². The van der Waals surface area contributed by atoms with E-state index in [9.17, 15) is 19.5 Å². The van der Waals surface area contributed by atoms with Gasteiger partial charge in [-0.05, 0) is 42.3 Å². The second-order valence-electron chi connectivity index (χ2n) is 7.05. The molecule has 0 fully saturated rings. The highest BCUT2D eigenvalue weighted by Gasteiger charge is 2.20. The van der Waals surface area contributed by atoms with Gasteiger partial charge < -0.3 is 24.7 Å². The summed E-state index contributed by atoms with van der Waals surface area (Å²) in [5.74, 6) is -0.519. The zero-order valence-electron chi connectivity index (χ0n) is 17.2. The predicted molar refractivity (Wildman–Crippen MR) is 117 cm³/mol. The highest BCUT2D eigenvalue weighted by molar-refractivity contribution is 5.94. The standard InChI is InChI=1S/C22H23N5O5/c23-20(24)15-4-6-17(7-5-15)32-12-2-9-26-10-11-27(22(31)21(26)30)18(13-19(28)29)16-3-1-8-25-14-16/h1,3-8,10-11,14,18H,2,9,12-13H2,(H3,23,24)(H,28,29). The first-order valence-corrected chi connectivity index (χ1v) is 9.87. The molecule has 1 unspecified atom stereocenters. The second-order valence-corrected chi connectivity index (χ2v) is 7.05. The van der Waals surface area contributed by atoms with Crippen molar-refractivity contribution in [1.82, 2.24) is 14.1 Å². The molecule has 4 N–H and O–H groups in total. The fourth-order valence-electron chi connectivity index (χ4n) is 3.21. The van der Waals surface area contributed by atoms with Crippen molar-refractivity contribution in [3.63, 3.8) is 0 Å². The molecule has 2 aromatic heterocycles. The molecule has 3 rings (SSSR count). The summed E-state index contributed by atoms with van der Waals surface area (Å²) >= 11 is 0. The van der Waals surface area contributed by atoms with Gasteiger partial charge in [-0.3, -0.25) is 24.8 Å². The Morgan fingerprint density at radius 2 is 1.91 bits per heavy atom. The summed E-state index contributed by atoms with van der Waals surface area (Å²) < 4.78 is 8.03. The summed E-state index contributed by atoms with van der Waals surface area (Å²) in [5, 5.41) is 16.6. The van der Waals surface area contributed by atoms with E-state index in [4.69, 9.17) is 15.9 Å². The van der Waals surface area contributed by atoms with E-state index in [1.165, 1.54) is 23.2 Å². The molecule has 166 valence electrons. The maximum Gasteiger partial charge on any atom is 0.317 e. The van der Waals surface area contributed by atoms with E-state index in [2.05, 4.69) is 4.98 Å². The first-order chi connectivity index (χ1) is 15.4. The van der Waals surface area contributed by atoms with Crippen LogP contribution in [0.3, 0.4) is 0 Å². The molecule has 0 spiro atoms. The lowest BCUT2D eigenvalue weighted by atomic mass is 10.1. The highest BCUT2D eigenvalue weighted by atomic mass is 16.5. The lowest BCUT2D eigenvalue weighted by Gasteiger charge is -2.18. The summed E-state index contributed by atoms with van der Waals surface area (Å²) in [4.78, 5) is 40.5. The van der Waals surface area contributed by atoms with Crippen molar-refractivity contribution in [3.8, 4) is 5.75 Å². The van der Waals surface area contributed by atoms with Crippen molar-refractivity contribution >= 4 is 11.8 Å². The molecule has 0 aliphatic carbocycles. The van der Waals surface area contributed by atoms with Gasteiger partial charge in [0.1, 0.15) is 11.6 Å². The Balaban J connectivity index is 1.68. The molecule has 0 radical (unpaired) electrons. The number of hydrogen-bond donors (Lipinski definition) is 3. The van der Waals surface area contributed by atoms with Gasteiger partial charge in [0.15, 0.2) is 0 Å². The molecule has 0 amide bonds. The molecule has 0 saturated heterocycles. The van der Waals surface area contributed by atoms with Gasteiger partial charge in [-0.15, -0.1) is 0 Å². The normalized spacial score (nSPS) is 11.6. The highest BCUT2D eigenvalue weighted by Crippen LogP contribution is 2.19. The van der Waals surface area contributed by atoms with Gasteiger partial charge in [-0.2, -0.15) is 0 Å². The van der Waals surface area contributed by atoms with Crippen LogP contribution in [0.15, 0.2) is 70.8 Å². The molecule has 10 heteroatoms.